The van der Waals surface area contributed by atoms with Gasteiger partial charge in [0.05, 0.1) is 19.4 Å². The zero-order chi connectivity index (χ0) is 19.8. The third-order valence-corrected chi connectivity index (χ3v) is 4.18. The summed E-state index contributed by atoms with van der Waals surface area (Å²) in [5, 5.41) is 6.25. The van der Waals surface area contributed by atoms with Gasteiger partial charge in [-0.2, -0.15) is 5.10 Å². The van der Waals surface area contributed by atoms with Gasteiger partial charge in [-0.1, -0.05) is 37.3 Å². The van der Waals surface area contributed by atoms with Crippen molar-refractivity contribution in [2.45, 2.75) is 20.3 Å². The molecule has 0 spiro atoms. The van der Waals surface area contributed by atoms with Crippen LogP contribution in [0.3, 0.4) is 0 Å². The van der Waals surface area contributed by atoms with Crippen LogP contribution in [0.15, 0.2) is 65.8 Å². The van der Waals surface area contributed by atoms with Gasteiger partial charge in [0.25, 0.3) is 5.91 Å². The number of hydrogen-bond acceptors (Lipinski definition) is 4. The van der Waals surface area contributed by atoms with E-state index < -0.39 is 0 Å². The van der Waals surface area contributed by atoms with Crippen molar-refractivity contribution in [3.05, 3.63) is 71.8 Å². The molecule has 28 heavy (non-hydrogen) atoms. The number of hydrogen-bond donors (Lipinski definition) is 1. The van der Waals surface area contributed by atoms with Crippen molar-refractivity contribution < 1.29 is 14.3 Å². The number of ether oxygens (including phenoxy) is 2. The molecule has 144 valence electrons. The standard InChI is InChI=1S/C23H24N2O3/c1-3-15-28-19-12-9-18(10-13-19)23(26)25-24-16-21-20-8-6-5-7-17(20)11-14-22(21)27-4-2/h5-14,16H,3-4,15H2,1-2H3,(H,25,26)/b24-16-. The molecule has 1 amide bonds. The van der Waals surface area contributed by atoms with Crippen molar-refractivity contribution in [3.8, 4) is 11.5 Å². The number of benzene rings is 3. The zero-order valence-corrected chi connectivity index (χ0v) is 16.1. The molecule has 0 radical (unpaired) electrons. The van der Waals surface area contributed by atoms with Gasteiger partial charge in [-0.15, -0.1) is 0 Å². The van der Waals surface area contributed by atoms with Gasteiger partial charge < -0.3 is 9.47 Å². The summed E-state index contributed by atoms with van der Waals surface area (Å²) in [4.78, 5) is 12.3. The second-order valence-electron chi connectivity index (χ2n) is 6.20. The number of fused-ring (bicyclic) bond motifs is 1. The fourth-order valence-corrected chi connectivity index (χ4v) is 2.83. The summed E-state index contributed by atoms with van der Waals surface area (Å²) in [6.07, 6.45) is 2.57. The molecule has 1 N–H and O–H groups in total. The van der Waals surface area contributed by atoms with Crippen LogP contribution in [0.5, 0.6) is 11.5 Å². The lowest BCUT2D eigenvalue weighted by Crippen LogP contribution is -2.17. The number of amides is 1. The Hall–Kier alpha value is -3.34. The second kappa shape index (κ2) is 9.55. The van der Waals surface area contributed by atoms with Crippen LogP contribution >= 0.6 is 0 Å². The van der Waals surface area contributed by atoms with E-state index in [-0.39, 0.29) is 5.91 Å². The molecule has 0 aliphatic rings. The molecule has 5 nitrogen and oxygen atoms in total. The van der Waals surface area contributed by atoms with Crippen LogP contribution in [0, 0.1) is 0 Å². The fraction of sp³-hybridized carbons (Fsp3) is 0.217. The summed E-state index contributed by atoms with van der Waals surface area (Å²) >= 11 is 0. The van der Waals surface area contributed by atoms with Gasteiger partial charge in [0.1, 0.15) is 11.5 Å². The first-order valence-electron chi connectivity index (χ1n) is 9.43. The maximum Gasteiger partial charge on any atom is 0.271 e. The van der Waals surface area contributed by atoms with Crippen LogP contribution in [-0.2, 0) is 0 Å². The van der Waals surface area contributed by atoms with Gasteiger partial charge in [-0.25, -0.2) is 5.43 Å². The minimum absolute atomic E-state index is 0.281. The molecule has 0 unspecified atom stereocenters. The molecule has 0 aliphatic heterocycles. The Morgan fingerprint density at radius 3 is 2.54 bits per heavy atom. The summed E-state index contributed by atoms with van der Waals surface area (Å²) < 4.78 is 11.2. The number of nitrogens with zero attached hydrogens (tertiary/aromatic N) is 1. The Kier molecular flexibility index (Phi) is 6.63. The molecular weight excluding hydrogens is 352 g/mol. The van der Waals surface area contributed by atoms with Gasteiger partial charge in [-0.3, -0.25) is 4.79 Å². The molecule has 5 heteroatoms. The predicted molar refractivity (Wildman–Crippen MR) is 112 cm³/mol. The lowest BCUT2D eigenvalue weighted by atomic mass is 10.0. The van der Waals surface area contributed by atoms with Crippen LogP contribution in [0.2, 0.25) is 0 Å². The maximum atomic E-state index is 12.3. The minimum atomic E-state index is -0.281. The molecule has 3 aromatic rings. The Morgan fingerprint density at radius 1 is 1.00 bits per heavy atom. The van der Waals surface area contributed by atoms with E-state index in [9.17, 15) is 4.79 Å². The van der Waals surface area contributed by atoms with E-state index in [1.807, 2.05) is 50.2 Å². The molecule has 0 fully saturated rings. The second-order valence-corrected chi connectivity index (χ2v) is 6.20. The van der Waals surface area contributed by atoms with E-state index in [4.69, 9.17) is 9.47 Å². The van der Waals surface area contributed by atoms with Crippen LogP contribution in [0.25, 0.3) is 10.8 Å². The van der Waals surface area contributed by atoms with Crippen molar-refractivity contribution in [2.75, 3.05) is 13.2 Å². The van der Waals surface area contributed by atoms with Crippen molar-refractivity contribution in [3.63, 3.8) is 0 Å². The van der Waals surface area contributed by atoms with Gasteiger partial charge in [-0.05, 0) is 54.4 Å². The minimum Gasteiger partial charge on any atom is -0.494 e. The van der Waals surface area contributed by atoms with Crippen LogP contribution in [0.1, 0.15) is 36.2 Å². The molecule has 0 heterocycles. The molecule has 3 rings (SSSR count). The predicted octanol–water partition coefficient (Wildman–Crippen LogP) is 4.79. The summed E-state index contributed by atoms with van der Waals surface area (Å²) in [5.74, 6) is 1.20. The zero-order valence-electron chi connectivity index (χ0n) is 16.1. The van der Waals surface area contributed by atoms with Gasteiger partial charge in [0, 0.05) is 11.1 Å². The number of carbonyl (C=O) groups is 1. The summed E-state index contributed by atoms with van der Waals surface area (Å²) in [6, 6.07) is 18.9. The molecule has 0 aliphatic carbocycles. The largest absolute Gasteiger partial charge is 0.494 e. The average molecular weight is 376 g/mol. The van der Waals surface area contributed by atoms with Crippen LogP contribution < -0.4 is 14.9 Å². The first-order chi connectivity index (χ1) is 13.7. The smallest absolute Gasteiger partial charge is 0.271 e. The number of carbonyl (C=O) groups excluding carboxylic acids is 1. The molecule has 0 atom stereocenters. The monoisotopic (exact) mass is 376 g/mol. The van der Waals surface area contributed by atoms with E-state index in [1.54, 1.807) is 30.5 Å². The fourth-order valence-electron chi connectivity index (χ4n) is 2.83. The van der Waals surface area contributed by atoms with E-state index in [1.165, 1.54) is 0 Å². The number of nitrogens with one attached hydrogen (secondary N) is 1. The summed E-state index contributed by atoms with van der Waals surface area (Å²) in [7, 11) is 0. The van der Waals surface area contributed by atoms with E-state index in [0.717, 1.165) is 34.3 Å². The van der Waals surface area contributed by atoms with E-state index in [0.29, 0.717) is 18.8 Å². The first kappa shape index (κ1) is 19.4. The molecular formula is C23H24N2O3. The Labute approximate surface area is 165 Å². The summed E-state index contributed by atoms with van der Waals surface area (Å²) in [5.41, 5.74) is 3.93. The Balaban J connectivity index is 1.75. The third kappa shape index (κ3) is 4.68. The van der Waals surface area contributed by atoms with Gasteiger partial charge in [0.2, 0.25) is 0 Å². The topological polar surface area (TPSA) is 59.9 Å². The van der Waals surface area contributed by atoms with Crippen molar-refractivity contribution in [1.82, 2.24) is 5.43 Å². The van der Waals surface area contributed by atoms with Crippen molar-refractivity contribution >= 4 is 22.9 Å². The highest BCUT2D eigenvalue weighted by atomic mass is 16.5. The lowest BCUT2D eigenvalue weighted by Gasteiger charge is -2.10. The molecule has 3 aromatic carbocycles. The molecule has 0 aromatic heterocycles. The normalized spacial score (nSPS) is 10.9. The van der Waals surface area contributed by atoms with Gasteiger partial charge in [0.15, 0.2) is 0 Å². The quantitative estimate of drug-likeness (QED) is 0.454. The van der Waals surface area contributed by atoms with E-state index in [2.05, 4.69) is 10.5 Å². The van der Waals surface area contributed by atoms with Crippen molar-refractivity contribution in [1.29, 1.82) is 0 Å². The average Bonchev–Trinajstić information content (AvgIpc) is 2.74. The number of hydrazone groups is 1. The van der Waals surface area contributed by atoms with Crippen LogP contribution in [-0.4, -0.2) is 25.3 Å². The maximum absolute atomic E-state index is 12.3. The highest BCUT2D eigenvalue weighted by Crippen LogP contribution is 2.26. The van der Waals surface area contributed by atoms with E-state index >= 15 is 0 Å². The Bertz CT molecular complexity index is 965. The van der Waals surface area contributed by atoms with Crippen molar-refractivity contribution in [2.24, 2.45) is 5.10 Å². The Morgan fingerprint density at radius 2 is 1.79 bits per heavy atom. The summed E-state index contributed by atoms with van der Waals surface area (Å²) in [6.45, 7) is 5.19. The SMILES string of the molecule is CCCOc1ccc(C(=O)N/N=C\c2c(OCC)ccc3ccccc23)cc1. The third-order valence-electron chi connectivity index (χ3n) is 4.18. The molecule has 0 saturated carbocycles. The highest BCUT2D eigenvalue weighted by Gasteiger charge is 2.08. The first-order valence-corrected chi connectivity index (χ1v) is 9.43. The van der Waals surface area contributed by atoms with Crippen LogP contribution in [0.4, 0.5) is 0 Å². The van der Waals surface area contributed by atoms with Gasteiger partial charge >= 0.3 is 0 Å². The molecule has 0 saturated heterocycles. The lowest BCUT2D eigenvalue weighted by molar-refractivity contribution is 0.0955. The number of rotatable bonds is 8. The molecule has 0 bridgehead atoms. The highest BCUT2D eigenvalue weighted by molar-refractivity contribution is 6.03.